The third-order valence-electron chi connectivity index (χ3n) is 3.02. The maximum Gasteiger partial charge on any atom is 0.253 e. The molecule has 0 spiro atoms. The van der Waals surface area contributed by atoms with Crippen molar-refractivity contribution in [1.29, 1.82) is 0 Å². The van der Waals surface area contributed by atoms with Crippen LogP contribution in [0.3, 0.4) is 0 Å². The second-order valence-corrected chi connectivity index (χ2v) is 4.63. The molecule has 3 aromatic heterocycles. The van der Waals surface area contributed by atoms with E-state index < -0.39 is 0 Å². The zero-order valence-electron chi connectivity index (χ0n) is 11.1. The highest BCUT2D eigenvalue weighted by atomic mass is 16.1. The maximum atomic E-state index is 11.9. The van der Waals surface area contributed by atoms with Gasteiger partial charge in [-0.1, -0.05) is 0 Å². The van der Waals surface area contributed by atoms with Gasteiger partial charge >= 0.3 is 0 Å². The number of carbonyl (C=O) groups excluding carboxylic acids is 1. The standard InChI is InChI=1S/C15H14N4O/c1-11-4-6-19-10-13(18-14(19)7-11)9-17-15(20)12-3-2-5-16-8-12/h2-8,10H,9H2,1H3,(H,17,20). The van der Waals surface area contributed by atoms with Crippen LogP contribution in [0.4, 0.5) is 0 Å². The minimum Gasteiger partial charge on any atom is -0.346 e. The van der Waals surface area contributed by atoms with Gasteiger partial charge in [-0.3, -0.25) is 9.78 Å². The lowest BCUT2D eigenvalue weighted by molar-refractivity contribution is 0.0950. The van der Waals surface area contributed by atoms with E-state index in [1.165, 1.54) is 0 Å². The van der Waals surface area contributed by atoms with Crippen molar-refractivity contribution >= 4 is 11.6 Å². The van der Waals surface area contributed by atoms with E-state index in [2.05, 4.69) is 15.3 Å². The topological polar surface area (TPSA) is 59.3 Å². The Kier molecular flexibility index (Phi) is 3.16. The zero-order chi connectivity index (χ0) is 13.9. The Balaban J connectivity index is 1.72. The number of hydrogen-bond acceptors (Lipinski definition) is 3. The monoisotopic (exact) mass is 266 g/mol. The average Bonchev–Trinajstić information content (AvgIpc) is 2.87. The fourth-order valence-electron chi connectivity index (χ4n) is 1.99. The molecule has 0 aliphatic carbocycles. The molecule has 5 nitrogen and oxygen atoms in total. The summed E-state index contributed by atoms with van der Waals surface area (Å²) in [5.74, 6) is -0.147. The van der Waals surface area contributed by atoms with Gasteiger partial charge in [0.2, 0.25) is 0 Å². The number of aromatic nitrogens is 3. The molecule has 0 aromatic carbocycles. The summed E-state index contributed by atoms with van der Waals surface area (Å²) in [5.41, 5.74) is 3.42. The summed E-state index contributed by atoms with van der Waals surface area (Å²) in [5, 5.41) is 2.84. The van der Waals surface area contributed by atoms with Crippen LogP contribution in [0.2, 0.25) is 0 Å². The van der Waals surface area contributed by atoms with Crippen molar-refractivity contribution in [2.75, 3.05) is 0 Å². The number of aryl methyl sites for hydroxylation is 1. The van der Waals surface area contributed by atoms with Gasteiger partial charge in [0.25, 0.3) is 5.91 Å². The van der Waals surface area contributed by atoms with Crippen molar-refractivity contribution in [1.82, 2.24) is 19.7 Å². The summed E-state index contributed by atoms with van der Waals surface area (Å²) in [6.07, 6.45) is 7.06. The predicted molar refractivity (Wildman–Crippen MR) is 75.3 cm³/mol. The number of fused-ring (bicyclic) bond motifs is 1. The molecule has 3 rings (SSSR count). The first-order chi connectivity index (χ1) is 9.72. The van der Waals surface area contributed by atoms with Crippen molar-refractivity contribution in [3.8, 4) is 0 Å². The van der Waals surface area contributed by atoms with E-state index in [9.17, 15) is 4.79 Å². The van der Waals surface area contributed by atoms with Gasteiger partial charge in [-0.25, -0.2) is 4.98 Å². The van der Waals surface area contributed by atoms with Gasteiger partial charge in [-0.05, 0) is 36.8 Å². The van der Waals surface area contributed by atoms with Gasteiger partial charge in [-0.2, -0.15) is 0 Å². The minimum atomic E-state index is -0.147. The highest BCUT2D eigenvalue weighted by molar-refractivity contribution is 5.93. The third-order valence-corrected chi connectivity index (χ3v) is 3.02. The quantitative estimate of drug-likeness (QED) is 0.788. The Hall–Kier alpha value is -2.69. The highest BCUT2D eigenvalue weighted by Crippen LogP contribution is 2.07. The van der Waals surface area contributed by atoms with E-state index in [0.29, 0.717) is 12.1 Å². The van der Waals surface area contributed by atoms with E-state index in [1.54, 1.807) is 24.5 Å². The van der Waals surface area contributed by atoms with E-state index >= 15 is 0 Å². The predicted octanol–water partition coefficient (Wildman–Crippen LogP) is 1.97. The summed E-state index contributed by atoms with van der Waals surface area (Å²) in [6.45, 7) is 2.42. The molecule has 5 heteroatoms. The Morgan fingerprint density at radius 1 is 1.40 bits per heavy atom. The van der Waals surface area contributed by atoms with Crippen LogP contribution in [0.1, 0.15) is 21.6 Å². The first-order valence-corrected chi connectivity index (χ1v) is 6.35. The van der Waals surface area contributed by atoms with Crippen LogP contribution < -0.4 is 5.32 Å². The van der Waals surface area contributed by atoms with E-state index in [-0.39, 0.29) is 5.91 Å². The molecule has 100 valence electrons. The Morgan fingerprint density at radius 2 is 2.30 bits per heavy atom. The van der Waals surface area contributed by atoms with Crippen LogP contribution in [0.25, 0.3) is 5.65 Å². The maximum absolute atomic E-state index is 11.9. The molecule has 20 heavy (non-hydrogen) atoms. The van der Waals surface area contributed by atoms with Crippen LogP contribution in [0, 0.1) is 6.92 Å². The zero-order valence-corrected chi connectivity index (χ0v) is 11.1. The van der Waals surface area contributed by atoms with E-state index in [4.69, 9.17) is 0 Å². The van der Waals surface area contributed by atoms with Gasteiger partial charge in [0.15, 0.2) is 0 Å². The second kappa shape index (κ2) is 5.13. The number of nitrogens with zero attached hydrogens (tertiary/aromatic N) is 3. The number of carbonyl (C=O) groups is 1. The molecule has 0 bridgehead atoms. The Labute approximate surface area is 116 Å². The number of amides is 1. The van der Waals surface area contributed by atoms with Crippen molar-refractivity contribution in [2.45, 2.75) is 13.5 Å². The summed E-state index contributed by atoms with van der Waals surface area (Å²) >= 11 is 0. The third kappa shape index (κ3) is 2.51. The van der Waals surface area contributed by atoms with Crippen molar-refractivity contribution in [2.24, 2.45) is 0 Å². The van der Waals surface area contributed by atoms with Gasteiger partial charge < -0.3 is 9.72 Å². The number of nitrogens with one attached hydrogen (secondary N) is 1. The number of hydrogen-bond donors (Lipinski definition) is 1. The smallest absolute Gasteiger partial charge is 0.253 e. The lowest BCUT2D eigenvalue weighted by atomic mass is 10.2. The number of rotatable bonds is 3. The molecule has 0 unspecified atom stereocenters. The van der Waals surface area contributed by atoms with Crippen LogP contribution in [0.15, 0.2) is 49.1 Å². The molecule has 0 atom stereocenters. The van der Waals surface area contributed by atoms with Crippen molar-refractivity contribution < 1.29 is 4.79 Å². The molecule has 0 aliphatic rings. The van der Waals surface area contributed by atoms with Crippen molar-refractivity contribution in [3.05, 3.63) is 65.9 Å². The molecule has 1 amide bonds. The van der Waals surface area contributed by atoms with E-state index in [0.717, 1.165) is 16.9 Å². The summed E-state index contributed by atoms with van der Waals surface area (Å²) in [6, 6.07) is 7.50. The SMILES string of the molecule is Cc1ccn2cc(CNC(=O)c3cccnc3)nc2c1. The van der Waals surface area contributed by atoms with Crippen molar-refractivity contribution in [3.63, 3.8) is 0 Å². The largest absolute Gasteiger partial charge is 0.346 e. The fraction of sp³-hybridized carbons (Fsp3) is 0.133. The summed E-state index contributed by atoms with van der Waals surface area (Å²) in [7, 11) is 0. The first-order valence-electron chi connectivity index (χ1n) is 6.35. The molecular weight excluding hydrogens is 252 g/mol. The fourth-order valence-corrected chi connectivity index (χ4v) is 1.99. The van der Waals surface area contributed by atoms with Crippen LogP contribution >= 0.6 is 0 Å². The lowest BCUT2D eigenvalue weighted by Gasteiger charge is -2.01. The molecule has 0 radical (unpaired) electrons. The van der Waals surface area contributed by atoms with Crippen LogP contribution in [-0.2, 0) is 6.54 Å². The highest BCUT2D eigenvalue weighted by Gasteiger charge is 2.06. The summed E-state index contributed by atoms with van der Waals surface area (Å²) in [4.78, 5) is 20.3. The molecule has 0 saturated heterocycles. The van der Waals surface area contributed by atoms with Gasteiger partial charge in [-0.15, -0.1) is 0 Å². The summed E-state index contributed by atoms with van der Waals surface area (Å²) < 4.78 is 1.94. The molecule has 1 N–H and O–H groups in total. The van der Waals surface area contributed by atoms with Gasteiger partial charge in [0.05, 0.1) is 17.8 Å². The molecule has 3 aromatic rings. The Morgan fingerprint density at radius 3 is 3.10 bits per heavy atom. The molecule has 0 fully saturated rings. The molecule has 0 aliphatic heterocycles. The lowest BCUT2D eigenvalue weighted by Crippen LogP contribution is -2.22. The molecular formula is C15H14N4O. The molecule has 3 heterocycles. The first kappa shape index (κ1) is 12.3. The van der Waals surface area contributed by atoms with Gasteiger partial charge in [0.1, 0.15) is 5.65 Å². The minimum absolute atomic E-state index is 0.147. The number of pyridine rings is 2. The second-order valence-electron chi connectivity index (χ2n) is 4.63. The normalized spacial score (nSPS) is 10.7. The van der Waals surface area contributed by atoms with Crippen LogP contribution in [0.5, 0.6) is 0 Å². The number of imidazole rings is 1. The van der Waals surface area contributed by atoms with Gasteiger partial charge in [0, 0.05) is 24.8 Å². The van der Waals surface area contributed by atoms with Crippen LogP contribution in [-0.4, -0.2) is 20.3 Å². The van der Waals surface area contributed by atoms with E-state index in [1.807, 2.05) is 35.9 Å². The molecule has 0 saturated carbocycles. The Bertz CT molecular complexity index is 749. The average molecular weight is 266 g/mol.